The number of nitrogens with one attached hydrogen (secondary N) is 2. The van der Waals surface area contributed by atoms with Gasteiger partial charge in [0.25, 0.3) is 11.9 Å². The van der Waals surface area contributed by atoms with Gasteiger partial charge in [-0.15, -0.1) is 0 Å². The lowest BCUT2D eigenvalue weighted by Gasteiger charge is -2.12. The number of guanidine groups is 4. The highest BCUT2D eigenvalue weighted by Crippen LogP contribution is 2.13. The highest BCUT2D eigenvalue weighted by molar-refractivity contribution is 5.97. The number of aliphatic imine (C=N–C) groups is 4. The molecule has 0 heterocycles. The second kappa shape index (κ2) is 32.3. The summed E-state index contributed by atoms with van der Waals surface area (Å²) in [6.45, 7) is 13.7. The van der Waals surface area contributed by atoms with Gasteiger partial charge in [0.2, 0.25) is 0 Å². The van der Waals surface area contributed by atoms with E-state index in [9.17, 15) is 0 Å². The van der Waals surface area contributed by atoms with Crippen molar-refractivity contribution in [1.82, 2.24) is 10.6 Å². The molecule has 0 saturated carbocycles. The monoisotopic (exact) mass is 629 g/mol. The number of carboxylic acids is 2. The molecule has 0 aromatic rings. The molecule has 258 valence electrons. The minimum atomic E-state index is -0.833. The number of rotatable bonds is 19. The number of carboxylic acid groups (broad SMARTS) is 2. The molecule has 2 atom stereocenters. The number of carbonyl (C=O) groups is 2. The molecular weight excluding hydrogens is 564 g/mol. The number of nitrogens with two attached hydrogens (primary N) is 4. The average molecular weight is 629 g/mol. The molecule has 0 aliphatic rings. The Labute approximate surface area is 265 Å². The lowest BCUT2D eigenvalue weighted by atomic mass is 10.00. The highest BCUT2D eigenvalue weighted by atomic mass is 16.4. The van der Waals surface area contributed by atoms with Gasteiger partial charge in [-0.2, -0.15) is 0 Å². The van der Waals surface area contributed by atoms with Crippen LogP contribution in [0.3, 0.4) is 0 Å². The van der Waals surface area contributed by atoms with E-state index in [1.165, 1.54) is 38.5 Å². The van der Waals surface area contributed by atoms with Gasteiger partial charge in [-0.3, -0.25) is 40.2 Å². The van der Waals surface area contributed by atoms with E-state index in [0.717, 1.165) is 65.5 Å². The molecule has 0 fully saturated rings. The van der Waals surface area contributed by atoms with Gasteiger partial charge >= 0.3 is 0 Å². The van der Waals surface area contributed by atoms with Gasteiger partial charge in [0.15, 0.2) is 23.8 Å². The first kappa shape index (κ1) is 44.9. The molecule has 0 aromatic carbocycles. The zero-order valence-electron chi connectivity index (χ0n) is 28.3. The summed E-state index contributed by atoms with van der Waals surface area (Å²) in [5, 5.41) is 20.6. The first-order valence-corrected chi connectivity index (χ1v) is 15.9. The van der Waals surface area contributed by atoms with Gasteiger partial charge in [0.1, 0.15) is 0 Å². The van der Waals surface area contributed by atoms with Gasteiger partial charge in [-0.05, 0) is 37.5 Å². The van der Waals surface area contributed by atoms with Gasteiger partial charge in [-0.1, -0.05) is 79.1 Å². The summed E-state index contributed by atoms with van der Waals surface area (Å²) in [4.78, 5) is 35.5. The molecule has 0 rings (SSSR count). The van der Waals surface area contributed by atoms with E-state index < -0.39 is 11.9 Å². The Hall–Kier alpha value is -3.58. The summed E-state index contributed by atoms with van der Waals surface area (Å²) >= 11 is 0. The van der Waals surface area contributed by atoms with Crippen LogP contribution in [-0.2, 0) is 9.59 Å². The smallest absolute Gasteiger partial charge is 0.300 e. The summed E-state index contributed by atoms with van der Waals surface area (Å²) in [6.07, 6.45) is 13.4. The molecule has 14 heteroatoms. The minimum absolute atomic E-state index is 0.316. The average Bonchev–Trinajstić information content (AvgIpc) is 2.94. The quantitative estimate of drug-likeness (QED) is 0.0586. The summed E-state index contributed by atoms with van der Waals surface area (Å²) in [5.41, 5.74) is 23.7. The van der Waals surface area contributed by atoms with Crippen molar-refractivity contribution < 1.29 is 19.8 Å². The van der Waals surface area contributed by atoms with Gasteiger partial charge in [0.05, 0.1) is 0 Å². The van der Waals surface area contributed by atoms with Gasteiger partial charge < -0.3 is 33.1 Å². The second-order valence-electron chi connectivity index (χ2n) is 10.5. The van der Waals surface area contributed by atoms with Crippen LogP contribution in [0.2, 0.25) is 0 Å². The third kappa shape index (κ3) is 38.4. The fourth-order valence-electron chi connectivity index (χ4n) is 3.69. The second-order valence-corrected chi connectivity index (χ2v) is 10.5. The van der Waals surface area contributed by atoms with Crippen LogP contribution < -0.4 is 33.6 Å². The molecule has 44 heavy (non-hydrogen) atoms. The van der Waals surface area contributed by atoms with Crippen molar-refractivity contribution in [2.45, 2.75) is 119 Å². The van der Waals surface area contributed by atoms with Crippen LogP contribution in [0.1, 0.15) is 119 Å². The molecule has 0 spiro atoms. The fraction of sp³-hybridized carbons (Fsp3) is 0.800. The fourth-order valence-corrected chi connectivity index (χ4v) is 3.69. The molecule has 0 radical (unpaired) electrons. The first-order chi connectivity index (χ1) is 20.8. The molecule has 2 unspecified atom stereocenters. The summed E-state index contributed by atoms with van der Waals surface area (Å²) < 4.78 is 0. The molecule has 0 aliphatic carbocycles. The lowest BCUT2D eigenvalue weighted by Crippen LogP contribution is -2.42. The Bertz CT molecular complexity index is 772. The van der Waals surface area contributed by atoms with Crippen LogP contribution >= 0.6 is 0 Å². The summed E-state index contributed by atoms with van der Waals surface area (Å²) in [5.74, 6) is 0.772. The van der Waals surface area contributed by atoms with Crippen LogP contribution in [0.15, 0.2) is 20.0 Å². The zero-order valence-corrected chi connectivity index (χ0v) is 28.3. The maximum Gasteiger partial charge on any atom is 0.300 e. The number of unbranched alkanes of at least 4 members (excludes halogenated alkanes) is 5. The molecule has 0 amide bonds. The van der Waals surface area contributed by atoms with Crippen LogP contribution in [0.25, 0.3) is 0 Å². The normalized spacial score (nSPS) is 13.5. The molecule has 0 saturated heterocycles. The van der Waals surface area contributed by atoms with Crippen molar-refractivity contribution in [2.24, 2.45) is 54.7 Å². The largest absolute Gasteiger partial charge is 0.481 e. The van der Waals surface area contributed by atoms with E-state index in [0.29, 0.717) is 48.8 Å². The molecule has 0 aromatic heterocycles. The van der Waals surface area contributed by atoms with E-state index in [-0.39, 0.29) is 0 Å². The summed E-state index contributed by atoms with van der Waals surface area (Å²) in [7, 11) is 0. The number of nitrogens with zero attached hydrogens (tertiary/aromatic N) is 4. The van der Waals surface area contributed by atoms with Gasteiger partial charge in [0, 0.05) is 40.0 Å². The zero-order chi connectivity index (χ0) is 34.2. The van der Waals surface area contributed by atoms with Crippen molar-refractivity contribution in [3.8, 4) is 0 Å². The Morgan fingerprint density at radius 3 is 1.14 bits per heavy atom. The van der Waals surface area contributed by atoms with Crippen molar-refractivity contribution in [3.05, 3.63) is 0 Å². The Kier molecular flexibility index (Phi) is 33.0. The maximum absolute atomic E-state index is 9.00. The summed E-state index contributed by atoms with van der Waals surface area (Å²) in [6, 6.07) is 0. The molecule has 12 N–H and O–H groups in total. The molecule has 14 nitrogen and oxygen atoms in total. The number of hydrogen-bond acceptors (Lipinski definition) is 6. The third-order valence-corrected chi connectivity index (χ3v) is 6.27. The third-order valence-electron chi connectivity index (χ3n) is 6.27. The maximum atomic E-state index is 9.00. The number of hydrogen-bond donors (Lipinski definition) is 8. The van der Waals surface area contributed by atoms with E-state index in [2.05, 4.69) is 58.3 Å². The van der Waals surface area contributed by atoms with Crippen molar-refractivity contribution >= 4 is 35.8 Å². The van der Waals surface area contributed by atoms with Crippen molar-refractivity contribution in [2.75, 3.05) is 26.2 Å². The topological polar surface area (TPSA) is 252 Å². The van der Waals surface area contributed by atoms with Crippen LogP contribution in [0.4, 0.5) is 0 Å². The van der Waals surface area contributed by atoms with Crippen LogP contribution in [0, 0.1) is 11.8 Å². The highest BCUT2D eigenvalue weighted by Gasteiger charge is 2.06. The molecule has 0 bridgehead atoms. The van der Waals surface area contributed by atoms with E-state index >= 15 is 0 Å². The molecule has 0 aliphatic heterocycles. The Morgan fingerprint density at radius 2 is 0.864 bits per heavy atom. The van der Waals surface area contributed by atoms with Crippen molar-refractivity contribution in [3.63, 3.8) is 0 Å². The minimum Gasteiger partial charge on any atom is -0.481 e. The lowest BCUT2D eigenvalue weighted by molar-refractivity contribution is -0.135. The molecular formula is C30H64N10O4. The number of aliphatic carboxylic acids is 2. The SMILES string of the molecule is CC(=O)O.CC(=O)O.CCCCC(CC)CN=C(N)NC(N)=NCCCCCCN=C(N)NC(N)=NCC(CC)CCCC. The van der Waals surface area contributed by atoms with Gasteiger partial charge in [-0.25, -0.2) is 0 Å². The van der Waals surface area contributed by atoms with Crippen molar-refractivity contribution in [1.29, 1.82) is 0 Å². The predicted octanol–water partition coefficient (Wildman–Crippen LogP) is 3.60. The standard InChI is InChI=1S/C26H56N10.2C2H4O2/c1-5-9-15-21(7-3)19-33-25(29)35-23(27)31-17-13-11-12-14-18-32-24(28)36-26(30)34-20-22(8-4)16-10-6-2;2*1-2(3)4/h21-22H,5-20H2,1-4H3,(H5,27,29,31,33,35)(H5,28,30,32,34,36);2*1H3,(H,3,4). The van der Waals surface area contributed by atoms with E-state index in [1.54, 1.807) is 0 Å². The van der Waals surface area contributed by atoms with Crippen LogP contribution in [0.5, 0.6) is 0 Å². The van der Waals surface area contributed by atoms with Crippen LogP contribution in [-0.4, -0.2) is 72.2 Å². The first-order valence-electron chi connectivity index (χ1n) is 15.9. The predicted molar refractivity (Wildman–Crippen MR) is 184 cm³/mol. The van der Waals surface area contributed by atoms with E-state index in [4.69, 9.17) is 42.7 Å². The Balaban J connectivity index is -0.00000186. The van der Waals surface area contributed by atoms with E-state index in [1.807, 2.05) is 0 Å². The Morgan fingerprint density at radius 1 is 0.568 bits per heavy atom.